The molecular weight excluding hydrogens is 414 g/mol. The van der Waals surface area contributed by atoms with E-state index in [-0.39, 0.29) is 11.4 Å². The number of fused-ring (bicyclic) bond motifs is 1. The van der Waals surface area contributed by atoms with E-state index in [4.69, 9.17) is 11.1 Å². The molecule has 1 aliphatic heterocycles. The summed E-state index contributed by atoms with van der Waals surface area (Å²) in [6.45, 7) is 7.06. The lowest BCUT2D eigenvalue weighted by molar-refractivity contribution is 0.0580. The number of aromatic nitrogens is 4. The van der Waals surface area contributed by atoms with Gasteiger partial charge >= 0.3 is 0 Å². The van der Waals surface area contributed by atoms with Crippen LogP contribution in [0.2, 0.25) is 0 Å². The van der Waals surface area contributed by atoms with E-state index in [2.05, 4.69) is 51.7 Å². The van der Waals surface area contributed by atoms with E-state index in [9.17, 15) is 4.79 Å². The number of hydrogen-bond acceptors (Lipinski definition) is 5. The number of aromatic amines is 2. The number of amidine groups is 1. The molecule has 8 nitrogen and oxygen atoms in total. The molecule has 1 saturated heterocycles. The number of likely N-dealkylation sites (tertiary alicyclic amines) is 1. The van der Waals surface area contributed by atoms with Crippen molar-refractivity contribution in [3.8, 4) is 0 Å². The number of imidazole rings is 1. The van der Waals surface area contributed by atoms with Crippen molar-refractivity contribution < 1.29 is 0 Å². The van der Waals surface area contributed by atoms with Crippen molar-refractivity contribution in [2.45, 2.75) is 83.8 Å². The van der Waals surface area contributed by atoms with Gasteiger partial charge in [-0.2, -0.15) is 0 Å². The van der Waals surface area contributed by atoms with Gasteiger partial charge in [0.05, 0.1) is 11.0 Å². The standard InChI is InChI=1S/C25H35N7O/c1-15-7-4-8-16(2)32(15)17(3)9-5-10-18-11-6-12-20-22(18)31-25(33)21(30-20)13-19-14-28-24(29-19)23(26)27/h6,11-12,14-17H,4-5,7-10,13H2,1-3H3,(H3,26,27)(H,28,29)(H,31,33). The zero-order chi connectivity index (χ0) is 23.5. The monoisotopic (exact) mass is 449 g/mol. The summed E-state index contributed by atoms with van der Waals surface area (Å²) in [5, 5.41) is 7.46. The highest BCUT2D eigenvalue weighted by molar-refractivity contribution is 5.91. The van der Waals surface area contributed by atoms with E-state index >= 15 is 0 Å². The summed E-state index contributed by atoms with van der Waals surface area (Å²) in [5.41, 5.74) is 9.13. The van der Waals surface area contributed by atoms with Gasteiger partial charge in [0.15, 0.2) is 11.7 Å². The summed E-state index contributed by atoms with van der Waals surface area (Å²) in [7, 11) is 0. The Morgan fingerprint density at radius 2 is 2.03 bits per heavy atom. The number of nitrogens with one attached hydrogen (secondary N) is 3. The molecule has 0 amide bonds. The van der Waals surface area contributed by atoms with Crippen LogP contribution in [0.5, 0.6) is 0 Å². The van der Waals surface area contributed by atoms with E-state index in [1.54, 1.807) is 6.20 Å². The Kier molecular flexibility index (Phi) is 6.93. The van der Waals surface area contributed by atoms with Crippen LogP contribution in [0.25, 0.3) is 11.0 Å². The summed E-state index contributed by atoms with van der Waals surface area (Å²) in [4.78, 5) is 30.2. The van der Waals surface area contributed by atoms with Gasteiger partial charge in [-0.15, -0.1) is 0 Å². The van der Waals surface area contributed by atoms with Crippen LogP contribution in [0.15, 0.2) is 29.2 Å². The highest BCUT2D eigenvalue weighted by Crippen LogP contribution is 2.27. The van der Waals surface area contributed by atoms with E-state index in [0.717, 1.165) is 35.9 Å². The molecule has 0 bridgehead atoms. The van der Waals surface area contributed by atoms with Crippen LogP contribution in [0.3, 0.4) is 0 Å². The third-order valence-corrected chi connectivity index (χ3v) is 6.96. The predicted molar refractivity (Wildman–Crippen MR) is 132 cm³/mol. The van der Waals surface area contributed by atoms with Crippen molar-refractivity contribution in [1.29, 1.82) is 5.41 Å². The molecule has 4 rings (SSSR count). The molecule has 176 valence electrons. The predicted octanol–water partition coefficient (Wildman–Crippen LogP) is 3.50. The minimum atomic E-state index is -0.196. The van der Waals surface area contributed by atoms with Crippen LogP contribution in [-0.4, -0.2) is 48.8 Å². The van der Waals surface area contributed by atoms with E-state index in [0.29, 0.717) is 41.8 Å². The quantitative estimate of drug-likeness (QED) is 0.309. The molecule has 3 unspecified atom stereocenters. The van der Waals surface area contributed by atoms with Crippen molar-refractivity contribution in [2.75, 3.05) is 0 Å². The van der Waals surface area contributed by atoms with Crippen molar-refractivity contribution in [1.82, 2.24) is 24.8 Å². The highest BCUT2D eigenvalue weighted by Gasteiger charge is 2.28. The zero-order valence-electron chi connectivity index (χ0n) is 19.8. The SMILES string of the molecule is CC(CCCc1cccc2nc(Cc3cnc(C(=N)N)[nH]3)c(=O)[nH]c12)N1C(C)CCCC1C. The Hall–Kier alpha value is -3.00. The smallest absolute Gasteiger partial charge is 0.270 e. The van der Waals surface area contributed by atoms with E-state index in [1.807, 2.05) is 12.1 Å². The van der Waals surface area contributed by atoms with Gasteiger partial charge in [-0.3, -0.25) is 15.1 Å². The van der Waals surface area contributed by atoms with Gasteiger partial charge in [-0.05, 0) is 64.5 Å². The second-order valence-electron chi connectivity index (χ2n) is 9.49. The molecule has 3 aromatic rings. The van der Waals surface area contributed by atoms with Crippen LogP contribution in [0.1, 0.15) is 75.7 Å². The van der Waals surface area contributed by atoms with Gasteiger partial charge in [0.1, 0.15) is 5.69 Å². The first-order valence-electron chi connectivity index (χ1n) is 12.0. The zero-order valence-corrected chi connectivity index (χ0v) is 19.8. The number of nitrogen functional groups attached to an aromatic ring is 1. The third kappa shape index (κ3) is 5.16. The van der Waals surface area contributed by atoms with Gasteiger partial charge in [0, 0.05) is 36.4 Å². The summed E-state index contributed by atoms with van der Waals surface area (Å²) in [5.74, 6) is 0.164. The van der Waals surface area contributed by atoms with Gasteiger partial charge in [0.2, 0.25) is 0 Å². The summed E-state index contributed by atoms with van der Waals surface area (Å²) in [6, 6.07) is 7.90. The molecule has 2 aromatic heterocycles. The number of hydrogen-bond donors (Lipinski definition) is 4. The van der Waals surface area contributed by atoms with Crippen molar-refractivity contribution >= 4 is 16.9 Å². The highest BCUT2D eigenvalue weighted by atomic mass is 16.1. The molecule has 0 radical (unpaired) electrons. The van der Waals surface area contributed by atoms with Crippen molar-refractivity contribution in [3.63, 3.8) is 0 Å². The molecule has 8 heteroatoms. The Balaban J connectivity index is 1.46. The number of rotatable bonds is 8. The van der Waals surface area contributed by atoms with Crippen LogP contribution < -0.4 is 11.3 Å². The average molecular weight is 450 g/mol. The normalized spacial score (nSPS) is 20.2. The maximum Gasteiger partial charge on any atom is 0.270 e. The van der Waals surface area contributed by atoms with Gasteiger partial charge in [-0.1, -0.05) is 18.6 Å². The van der Waals surface area contributed by atoms with Crippen molar-refractivity contribution in [3.05, 3.63) is 57.5 Å². The lowest BCUT2D eigenvalue weighted by Crippen LogP contribution is -2.48. The lowest BCUT2D eigenvalue weighted by atomic mass is 9.93. The first-order chi connectivity index (χ1) is 15.8. The van der Waals surface area contributed by atoms with Crippen LogP contribution in [-0.2, 0) is 12.8 Å². The molecule has 3 atom stereocenters. The van der Waals surface area contributed by atoms with Crippen LogP contribution in [0.4, 0.5) is 0 Å². The molecule has 0 saturated carbocycles. The fourth-order valence-electron chi connectivity index (χ4n) is 5.35. The van der Waals surface area contributed by atoms with Crippen LogP contribution >= 0.6 is 0 Å². The number of H-pyrrole nitrogens is 2. The number of piperidine rings is 1. The molecule has 1 aliphatic rings. The summed E-state index contributed by atoms with van der Waals surface area (Å²) < 4.78 is 0. The summed E-state index contributed by atoms with van der Waals surface area (Å²) >= 11 is 0. The van der Waals surface area contributed by atoms with Gasteiger partial charge < -0.3 is 15.7 Å². The number of aryl methyl sites for hydroxylation is 1. The van der Waals surface area contributed by atoms with Gasteiger partial charge in [0.25, 0.3) is 5.56 Å². The van der Waals surface area contributed by atoms with Gasteiger partial charge in [-0.25, -0.2) is 9.97 Å². The average Bonchev–Trinajstić information content (AvgIpc) is 3.23. The summed E-state index contributed by atoms with van der Waals surface area (Å²) in [6.07, 6.45) is 8.94. The lowest BCUT2D eigenvalue weighted by Gasteiger charge is -2.43. The third-order valence-electron chi connectivity index (χ3n) is 6.96. The first kappa shape index (κ1) is 23.2. The van der Waals surface area contributed by atoms with E-state index in [1.165, 1.54) is 19.3 Å². The molecule has 0 spiro atoms. The fraction of sp³-hybridized carbons (Fsp3) is 0.520. The second-order valence-corrected chi connectivity index (χ2v) is 9.49. The molecule has 33 heavy (non-hydrogen) atoms. The minimum absolute atomic E-state index is 0.134. The number of nitrogens with zero attached hydrogens (tertiary/aromatic N) is 3. The fourth-order valence-corrected chi connectivity index (χ4v) is 5.35. The molecule has 0 aliphatic carbocycles. The van der Waals surface area contributed by atoms with E-state index < -0.39 is 0 Å². The van der Waals surface area contributed by atoms with Crippen molar-refractivity contribution in [2.24, 2.45) is 5.73 Å². The number of nitrogens with two attached hydrogens (primary N) is 1. The molecule has 1 aromatic carbocycles. The molecular formula is C25H35N7O. The van der Waals surface area contributed by atoms with Crippen LogP contribution in [0, 0.1) is 5.41 Å². The largest absolute Gasteiger partial charge is 0.381 e. The molecule has 3 heterocycles. The Bertz CT molecular complexity index is 1170. The molecule has 1 fully saturated rings. The number of benzene rings is 1. The Labute approximate surface area is 194 Å². The Morgan fingerprint density at radius 1 is 1.27 bits per heavy atom. The maximum absolute atomic E-state index is 12.8. The molecule has 5 N–H and O–H groups in total. The number of para-hydroxylation sites is 1. The topological polar surface area (TPSA) is 128 Å². The minimum Gasteiger partial charge on any atom is -0.381 e. The second kappa shape index (κ2) is 9.87. The Morgan fingerprint density at radius 3 is 2.73 bits per heavy atom. The maximum atomic E-state index is 12.8. The first-order valence-corrected chi connectivity index (χ1v) is 12.0.